The lowest BCUT2D eigenvalue weighted by molar-refractivity contribution is -0.136. The van der Waals surface area contributed by atoms with Crippen molar-refractivity contribution in [3.8, 4) is 0 Å². The van der Waals surface area contributed by atoms with Gasteiger partial charge in [-0.1, -0.05) is 30.3 Å². The van der Waals surface area contributed by atoms with Gasteiger partial charge in [0, 0.05) is 29.1 Å². The number of carbonyl (C=O) groups excluding carboxylic acids is 4. The Bertz CT molecular complexity index is 1280. The Morgan fingerprint density at radius 3 is 2.47 bits per heavy atom. The number of benzene rings is 2. The standard InChI is InChI=1S/C26H23N3O4S/c30-22-11-8-18-14-19(13-17-7-4-12-29(22)23(17)18)28-26(33)25(32)27-15-20-9-10-21(34-20)24(31)16-5-2-1-3-6-16/h1-3,5-6,9-10,13-14H,4,7-8,11-12,15H2,(H,27,32)(H,28,33). The first-order valence-corrected chi connectivity index (χ1v) is 12.0. The first-order valence-electron chi connectivity index (χ1n) is 11.2. The van der Waals surface area contributed by atoms with Crippen molar-refractivity contribution in [2.45, 2.75) is 32.2 Å². The summed E-state index contributed by atoms with van der Waals surface area (Å²) in [6, 6.07) is 16.2. The predicted octanol–water partition coefficient (Wildman–Crippen LogP) is 3.46. The van der Waals surface area contributed by atoms with Crippen molar-refractivity contribution in [1.82, 2.24) is 5.32 Å². The molecule has 0 atom stereocenters. The quantitative estimate of drug-likeness (QED) is 0.438. The van der Waals surface area contributed by atoms with Crippen LogP contribution in [0.2, 0.25) is 0 Å². The summed E-state index contributed by atoms with van der Waals surface area (Å²) in [5.74, 6) is -1.42. The number of carbonyl (C=O) groups is 4. The van der Waals surface area contributed by atoms with Crippen molar-refractivity contribution in [1.29, 1.82) is 0 Å². The van der Waals surface area contributed by atoms with Crippen LogP contribution in [0.1, 0.15) is 44.1 Å². The first kappa shape index (κ1) is 22.0. The molecule has 0 radical (unpaired) electrons. The Hall–Kier alpha value is -3.78. The zero-order chi connectivity index (χ0) is 23.7. The molecule has 3 amide bonds. The highest BCUT2D eigenvalue weighted by Gasteiger charge is 2.30. The fraction of sp³-hybridized carbons (Fsp3) is 0.231. The topological polar surface area (TPSA) is 95.6 Å². The molecule has 3 heterocycles. The van der Waals surface area contributed by atoms with Crippen LogP contribution in [-0.2, 0) is 33.8 Å². The molecule has 5 rings (SSSR count). The highest BCUT2D eigenvalue weighted by molar-refractivity contribution is 7.14. The van der Waals surface area contributed by atoms with Gasteiger partial charge >= 0.3 is 11.8 Å². The second kappa shape index (κ2) is 9.23. The molecule has 0 fully saturated rings. The summed E-state index contributed by atoms with van der Waals surface area (Å²) in [6.07, 6.45) is 2.81. The molecular formula is C26H23N3O4S. The summed E-state index contributed by atoms with van der Waals surface area (Å²) >= 11 is 1.29. The lowest BCUT2D eigenvalue weighted by Crippen LogP contribution is -2.39. The number of anilines is 2. The van der Waals surface area contributed by atoms with E-state index in [4.69, 9.17) is 0 Å². The van der Waals surface area contributed by atoms with Crippen LogP contribution in [-0.4, -0.2) is 30.0 Å². The van der Waals surface area contributed by atoms with E-state index >= 15 is 0 Å². The van der Waals surface area contributed by atoms with Crippen molar-refractivity contribution in [2.75, 3.05) is 16.8 Å². The lowest BCUT2D eigenvalue weighted by atomic mass is 9.91. The highest BCUT2D eigenvalue weighted by Crippen LogP contribution is 2.37. The third-order valence-electron chi connectivity index (χ3n) is 6.08. The molecule has 1 aromatic heterocycles. The summed E-state index contributed by atoms with van der Waals surface area (Å²) in [4.78, 5) is 52.8. The summed E-state index contributed by atoms with van der Waals surface area (Å²) in [6.45, 7) is 0.889. The molecule has 0 bridgehead atoms. The maximum Gasteiger partial charge on any atom is 0.313 e. The van der Waals surface area contributed by atoms with Crippen molar-refractivity contribution >= 4 is 46.2 Å². The van der Waals surface area contributed by atoms with Gasteiger partial charge in [0.1, 0.15) is 0 Å². The van der Waals surface area contributed by atoms with Gasteiger partial charge in [-0.2, -0.15) is 0 Å². The molecular weight excluding hydrogens is 450 g/mol. The molecule has 0 spiro atoms. The van der Waals surface area contributed by atoms with Crippen LogP contribution < -0.4 is 15.5 Å². The largest absolute Gasteiger partial charge is 0.343 e. The lowest BCUT2D eigenvalue weighted by Gasteiger charge is -2.35. The van der Waals surface area contributed by atoms with E-state index in [0.29, 0.717) is 29.0 Å². The summed E-state index contributed by atoms with van der Waals surface area (Å²) in [5, 5.41) is 5.31. The third kappa shape index (κ3) is 4.36. The maximum absolute atomic E-state index is 12.5. The van der Waals surface area contributed by atoms with Crippen molar-refractivity contribution in [3.05, 3.63) is 81.0 Å². The molecule has 2 aromatic carbocycles. The van der Waals surface area contributed by atoms with Gasteiger partial charge in [-0.15, -0.1) is 11.3 Å². The molecule has 0 saturated carbocycles. The number of amides is 3. The molecule has 0 saturated heterocycles. The molecule has 2 N–H and O–H groups in total. The number of aryl methyl sites for hydroxylation is 2. The van der Waals surface area contributed by atoms with Gasteiger partial charge < -0.3 is 15.5 Å². The molecule has 0 aliphatic carbocycles. The number of thiophene rings is 1. The average Bonchev–Trinajstić information content (AvgIpc) is 3.34. The van der Waals surface area contributed by atoms with Gasteiger partial charge in [-0.25, -0.2) is 0 Å². The molecule has 3 aromatic rings. The van der Waals surface area contributed by atoms with Gasteiger partial charge in [0.25, 0.3) is 0 Å². The van der Waals surface area contributed by atoms with Crippen LogP contribution in [0.5, 0.6) is 0 Å². The van der Waals surface area contributed by atoms with E-state index in [1.165, 1.54) is 11.3 Å². The number of ketones is 1. The minimum Gasteiger partial charge on any atom is -0.343 e. The van der Waals surface area contributed by atoms with Crippen LogP contribution in [0.25, 0.3) is 0 Å². The number of rotatable bonds is 5. The van der Waals surface area contributed by atoms with E-state index in [-0.39, 0.29) is 18.2 Å². The van der Waals surface area contributed by atoms with Crippen LogP contribution in [0.15, 0.2) is 54.6 Å². The van der Waals surface area contributed by atoms with Crippen LogP contribution in [0.3, 0.4) is 0 Å². The normalized spacial score (nSPS) is 14.4. The molecule has 172 valence electrons. The molecule has 2 aliphatic rings. The minimum atomic E-state index is -0.746. The Morgan fingerprint density at radius 2 is 1.68 bits per heavy atom. The smallest absolute Gasteiger partial charge is 0.313 e. The maximum atomic E-state index is 12.5. The van der Waals surface area contributed by atoms with Crippen molar-refractivity contribution < 1.29 is 19.2 Å². The summed E-state index contributed by atoms with van der Waals surface area (Å²) < 4.78 is 0. The van der Waals surface area contributed by atoms with E-state index in [9.17, 15) is 19.2 Å². The number of hydrogen-bond acceptors (Lipinski definition) is 5. The first-order chi connectivity index (χ1) is 16.5. The van der Waals surface area contributed by atoms with Crippen LogP contribution in [0, 0.1) is 0 Å². The zero-order valence-electron chi connectivity index (χ0n) is 18.4. The Morgan fingerprint density at radius 1 is 0.912 bits per heavy atom. The molecule has 34 heavy (non-hydrogen) atoms. The number of nitrogens with zero attached hydrogens (tertiary/aromatic N) is 1. The van der Waals surface area contributed by atoms with Gasteiger partial charge in [0.05, 0.1) is 17.1 Å². The summed E-state index contributed by atoms with van der Waals surface area (Å²) in [7, 11) is 0. The average molecular weight is 474 g/mol. The SMILES string of the molecule is O=C(NCc1ccc(C(=O)c2ccccc2)s1)C(=O)Nc1cc2c3c(c1)CCC(=O)N3CCC2. The van der Waals surface area contributed by atoms with Gasteiger partial charge in [0.15, 0.2) is 0 Å². The Balaban J connectivity index is 1.21. The Kier molecular flexibility index (Phi) is 5.98. The molecule has 8 heteroatoms. The second-order valence-corrected chi connectivity index (χ2v) is 9.56. The van der Waals surface area contributed by atoms with Crippen molar-refractivity contribution in [3.63, 3.8) is 0 Å². The van der Waals surface area contributed by atoms with E-state index < -0.39 is 11.8 Å². The second-order valence-electron chi connectivity index (χ2n) is 8.39. The number of nitrogens with one attached hydrogen (secondary N) is 2. The fourth-order valence-electron chi connectivity index (χ4n) is 4.49. The summed E-state index contributed by atoms with van der Waals surface area (Å²) in [5.41, 5.74) is 4.21. The van der Waals surface area contributed by atoms with Gasteiger partial charge in [-0.3, -0.25) is 19.2 Å². The molecule has 0 unspecified atom stereocenters. The van der Waals surface area contributed by atoms with Gasteiger partial charge in [0.2, 0.25) is 11.7 Å². The molecule has 7 nitrogen and oxygen atoms in total. The number of hydrogen-bond donors (Lipinski definition) is 2. The Labute approximate surface area is 200 Å². The molecule has 2 aliphatic heterocycles. The van der Waals surface area contributed by atoms with E-state index in [2.05, 4.69) is 10.6 Å². The van der Waals surface area contributed by atoms with E-state index in [0.717, 1.165) is 41.1 Å². The van der Waals surface area contributed by atoms with Gasteiger partial charge in [-0.05, 0) is 54.7 Å². The minimum absolute atomic E-state index is 0.0717. The van der Waals surface area contributed by atoms with Crippen LogP contribution in [0.4, 0.5) is 11.4 Å². The zero-order valence-corrected chi connectivity index (χ0v) is 19.2. The van der Waals surface area contributed by atoms with Crippen LogP contribution >= 0.6 is 11.3 Å². The predicted molar refractivity (Wildman–Crippen MR) is 130 cm³/mol. The fourth-order valence-corrected chi connectivity index (χ4v) is 5.40. The third-order valence-corrected chi connectivity index (χ3v) is 7.17. The van der Waals surface area contributed by atoms with Crippen molar-refractivity contribution in [2.24, 2.45) is 0 Å². The van der Waals surface area contributed by atoms with E-state index in [1.54, 1.807) is 24.3 Å². The highest BCUT2D eigenvalue weighted by atomic mass is 32.1. The monoisotopic (exact) mass is 473 g/mol. The van der Waals surface area contributed by atoms with E-state index in [1.807, 2.05) is 35.2 Å².